The van der Waals surface area contributed by atoms with Crippen LogP contribution in [-0.2, 0) is 4.79 Å². The molecule has 0 heterocycles. The van der Waals surface area contributed by atoms with Gasteiger partial charge in [-0.25, -0.2) is 4.79 Å². The van der Waals surface area contributed by atoms with Crippen LogP contribution in [0.3, 0.4) is 0 Å². The Bertz CT molecular complexity index is 421. The minimum Gasteiger partial charge on any atom is -0.478 e. The zero-order valence-electron chi connectivity index (χ0n) is 8.19. The van der Waals surface area contributed by atoms with Crippen LogP contribution in [0.5, 0.6) is 5.75 Å². The summed E-state index contributed by atoms with van der Waals surface area (Å²) >= 11 is 0. The van der Waals surface area contributed by atoms with Gasteiger partial charge in [-0.15, -0.1) is 0 Å². The molecule has 78 valence electrons. The molecule has 1 rings (SSSR count). The second kappa shape index (κ2) is 4.41. The summed E-state index contributed by atoms with van der Waals surface area (Å²) in [4.78, 5) is 21.6. The minimum atomic E-state index is -1.14. The van der Waals surface area contributed by atoms with Gasteiger partial charge in [-0.2, -0.15) is 0 Å². The number of hydrogen-bond donors (Lipinski definition) is 1. The van der Waals surface area contributed by atoms with Gasteiger partial charge in [-0.1, -0.05) is 18.7 Å². The molecule has 1 aromatic rings. The Morgan fingerprint density at radius 2 is 2.13 bits per heavy atom. The van der Waals surface area contributed by atoms with Crippen molar-refractivity contribution in [2.75, 3.05) is 0 Å². The minimum absolute atomic E-state index is 0.0422. The molecule has 4 nitrogen and oxygen atoms in total. The molecular formula is C11H10O4. The van der Waals surface area contributed by atoms with Crippen molar-refractivity contribution < 1.29 is 19.4 Å². The number of rotatable bonds is 3. The summed E-state index contributed by atoms with van der Waals surface area (Å²) in [6.07, 6.45) is 1.52. The van der Waals surface area contributed by atoms with E-state index in [4.69, 9.17) is 9.84 Å². The number of carboxylic acid groups (broad SMARTS) is 1. The van der Waals surface area contributed by atoms with Gasteiger partial charge in [0.15, 0.2) is 0 Å². The molecule has 1 aromatic carbocycles. The molecule has 0 atom stereocenters. The molecule has 4 heteroatoms. The molecule has 0 aliphatic rings. The van der Waals surface area contributed by atoms with Crippen molar-refractivity contribution in [2.24, 2.45) is 0 Å². The Labute approximate surface area is 86.8 Å². The lowest BCUT2D eigenvalue weighted by molar-refractivity contribution is -0.131. The van der Waals surface area contributed by atoms with Gasteiger partial charge in [0.1, 0.15) is 11.3 Å². The van der Waals surface area contributed by atoms with Crippen molar-refractivity contribution in [3.63, 3.8) is 0 Å². The third-order valence-corrected chi connectivity index (χ3v) is 1.72. The fourth-order valence-electron chi connectivity index (χ4n) is 1.09. The van der Waals surface area contributed by atoms with Crippen molar-refractivity contribution >= 4 is 18.0 Å². The van der Waals surface area contributed by atoms with Gasteiger partial charge >= 0.3 is 11.9 Å². The van der Waals surface area contributed by atoms with Crippen LogP contribution >= 0.6 is 0 Å². The molecule has 15 heavy (non-hydrogen) atoms. The highest BCUT2D eigenvalue weighted by atomic mass is 16.5. The van der Waals surface area contributed by atoms with E-state index in [2.05, 4.69) is 6.58 Å². The van der Waals surface area contributed by atoms with E-state index in [9.17, 15) is 9.59 Å². The third kappa shape index (κ3) is 2.67. The van der Waals surface area contributed by atoms with Crippen LogP contribution in [0.15, 0.2) is 24.8 Å². The number of esters is 1. The van der Waals surface area contributed by atoms with E-state index >= 15 is 0 Å². The highest BCUT2D eigenvalue weighted by Gasteiger charge is 2.12. The zero-order valence-corrected chi connectivity index (χ0v) is 8.19. The van der Waals surface area contributed by atoms with Gasteiger partial charge in [0.2, 0.25) is 0 Å². The monoisotopic (exact) mass is 206 g/mol. The van der Waals surface area contributed by atoms with Crippen LogP contribution in [0, 0.1) is 0 Å². The second-order valence-electron chi connectivity index (χ2n) is 2.86. The number of aromatic carboxylic acids is 1. The summed E-state index contributed by atoms with van der Waals surface area (Å²) in [6, 6.07) is 4.45. The maximum atomic E-state index is 10.8. The molecular weight excluding hydrogens is 196 g/mol. The topological polar surface area (TPSA) is 63.6 Å². The van der Waals surface area contributed by atoms with E-state index < -0.39 is 11.9 Å². The molecule has 0 fully saturated rings. The van der Waals surface area contributed by atoms with Crippen LogP contribution in [0.2, 0.25) is 0 Å². The first kappa shape index (κ1) is 11.0. The molecule has 0 amide bonds. The molecule has 0 spiro atoms. The van der Waals surface area contributed by atoms with E-state index in [1.54, 1.807) is 6.07 Å². The molecule has 1 N–H and O–H groups in total. The predicted octanol–water partition coefficient (Wildman–Crippen LogP) is 1.95. The lowest BCUT2D eigenvalue weighted by atomic mass is 10.1. The lowest BCUT2D eigenvalue weighted by Gasteiger charge is -2.05. The molecule has 0 radical (unpaired) electrons. The predicted molar refractivity (Wildman–Crippen MR) is 54.8 cm³/mol. The Balaban J connectivity index is 3.20. The van der Waals surface area contributed by atoms with E-state index in [1.807, 2.05) is 0 Å². The highest BCUT2D eigenvalue weighted by molar-refractivity contribution is 5.92. The lowest BCUT2D eigenvalue weighted by Crippen LogP contribution is -2.07. The van der Waals surface area contributed by atoms with Gasteiger partial charge in [0.05, 0.1) is 0 Å². The Kier molecular flexibility index (Phi) is 3.23. The van der Waals surface area contributed by atoms with Crippen molar-refractivity contribution in [3.8, 4) is 5.75 Å². The van der Waals surface area contributed by atoms with E-state index in [-0.39, 0.29) is 11.3 Å². The van der Waals surface area contributed by atoms with Crippen LogP contribution in [0.4, 0.5) is 0 Å². The summed E-state index contributed by atoms with van der Waals surface area (Å²) in [5.74, 6) is -1.65. The molecule has 0 saturated carbocycles. The Morgan fingerprint density at radius 1 is 1.47 bits per heavy atom. The van der Waals surface area contributed by atoms with Crippen LogP contribution in [-0.4, -0.2) is 17.0 Å². The van der Waals surface area contributed by atoms with Crippen LogP contribution in [0.1, 0.15) is 22.8 Å². The largest absolute Gasteiger partial charge is 0.478 e. The average Bonchev–Trinajstić information content (AvgIpc) is 2.17. The zero-order chi connectivity index (χ0) is 11.4. The van der Waals surface area contributed by atoms with Gasteiger partial charge in [0, 0.05) is 6.92 Å². The van der Waals surface area contributed by atoms with E-state index in [1.165, 1.54) is 25.1 Å². The fourth-order valence-corrected chi connectivity index (χ4v) is 1.09. The maximum absolute atomic E-state index is 10.8. The van der Waals surface area contributed by atoms with Crippen LogP contribution < -0.4 is 4.74 Å². The number of ether oxygens (including phenoxy) is 1. The van der Waals surface area contributed by atoms with Gasteiger partial charge < -0.3 is 9.84 Å². The van der Waals surface area contributed by atoms with Crippen molar-refractivity contribution in [1.82, 2.24) is 0 Å². The van der Waals surface area contributed by atoms with Crippen LogP contribution in [0.25, 0.3) is 6.08 Å². The molecule has 0 saturated heterocycles. The van der Waals surface area contributed by atoms with Crippen molar-refractivity contribution in [1.29, 1.82) is 0 Å². The fraction of sp³-hybridized carbons (Fsp3) is 0.0909. The maximum Gasteiger partial charge on any atom is 0.339 e. The molecule has 0 aromatic heterocycles. The van der Waals surface area contributed by atoms with Crippen molar-refractivity contribution in [2.45, 2.75) is 6.92 Å². The standard InChI is InChI=1S/C11H10O4/c1-3-8-4-5-10(15-7(2)12)9(6-8)11(13)14/h3-6H,1H2,2H3,(H,13,14). The smallest absolute Gasteiger partial charge is 0.339 e. The molecule has 0 bridgehead atoms. The first-order chi connectivity index (χ1) is 7.04. The average molecular weight is 206 g/mol. The summed E-state index contributed by atoms with van der Waals surface area (Å²) in [5, 5.41) is 8.87. The second-order valence-corrected chi connectivity index (χ2v) is 2.86. The number of hydrogen-bond acceptors (Lipinski definition) is 3. The normalized spacial score (nSPS) is 9.40. The number of carbonyl (C=O) groups excluding carboxylic acids is 1. The number of carboxylic acids is 1. The molecule has 0 unspecified atom stereocenters. The number of benzene rings is 1. The molecule has 0 aliphatic carbocycles. The van der Waals surface area contributed by atoms with E-state index in [0.29, 0.717) is 5.56 Å². The summed E-state index contributed by atoms with van der Waals surface area (Å²) in [6.45, 7) is 4.74. The van der Waals surface area contributed by atoms with Crippen molar-refractivity contribution in [3.05, 3.63) is 35.9 Å². The van der Waals surface area contributed by atoms with Gasteiger partial charge in [-0.3, -0.25) is 4.79 Å². The van der Waals surface area contributed by atoms with E-state index in [0.717, 1.165) is 0 Å². The summed E-state index contributed by atoms with van der Waals surface area (Å²) in [7, 11) is 0. The van der Waals surface area contributed by atoms with Gasteiger partial charge in [0.25, 0.3) is 0 Å². The number of carbonyl (C=O) groups is 2. The quantitative estimate of drug-likeness (QED) is 0.606. The Morgan fingerprint density at radius 3 is 2.60 bits per heavy atom. The highest BCUT2D eigenvalue weighted by Crippen LogP contribution is 2.21. The SMILES string of the molecule is C=Cc1ccc(OC(C)=O)c(C(=O)O)c1. The molecule has 0 aliphatic heterocycles. The third-order valence-electron chi connectivity index (χ3n) is 1.72. The summed E-state index contributed by atoms with van der Waals surface area (Å²) < 4.78 is 4.75. The Hall–Kier alpha value is -2.10. The van der Waals surface area contributed by atoms with Gasteiger partial charge in [-0.05, 0) is 17.7 Å². The first-order valence-electron chi connectivity index (χ1n) is 4.23. The first-order valence-corrected chi connectivity index (χ1v) is 4.23. The summed E-state index contributed by atoms with van der Waals surface area (Å²) in [5.41, 5.74) is 0.603.